The molecule has 0 radical (unpaired) electrons. The van der Waals surface area contributed by atoms with Crippen molar-refractivity contribution in [1.29, 1.82) is 0 Å². The van der Waals surface area contributed by atoms with Gasteiger partial charge in [0, 0.05) is 61.2 Å². The fourth-order valence-corrected chi connectivity index (χ4v) is 5.18. The van der Waals surface area contributed by atoms with Crippen LogP contribution in [-0.4, -0.2) is 64.7 Å². The standard InChI is InChI=1S/C25H25Cl2N5O3/c1-35-25(34)30-6-4-17(5-7-30)19-10-23-24(28-15-29-32(23)14-19)31-12-16(13-31)8-21(33)9-18-2-3-20(26)11-22(18)27/h2-4,10-11,14-16H,5-9,12-13H2,1H3. The van der Waals surface area contributed by atoms with Crippen molar-refractivity contribution in [2.24, 2.45) is 5.92 Å². The van der Waals surface area contributed by atoms with Crippen LogP contribution < -0.4 is 4.90 Å². The minimum absolute atomic E-state index is 0.168. The topological polar surface area (TPSA) is 80.0 Å². The molecule has 3 aromatic rings. The van der Waals surface area contributed by atoms with E-state index in [4.69, 9.17) is 27.9 Å². The Labute approximate surface area is 213 Å². The second kappa shape index (κ2) is 9.87. The molecule has 0 N–H and O–H groups in total. The molecule has 0 unspecified atom stereocenters. The minimum Gasteiger partial charge on any atom is -0.453 e. The summed E-state index contributed by atoms with van der Waals surface area (Å²) in [5, 5.41) is 5.47. The molecule has 2 aliphatic rings. The van der Waals surface area contributed by atoms with E-state index >= 15 is 0 Å². The van der Waals surface area contributed by atoms with E-state index in [9.17, 15) is 9.59 Å². The van der Waals surface area contributed by atoms with Gasteiger partial charge in [-0.25, -0.2) is 14.3 Å². The van der Waals surface area contributed by atoms with Crippen molar-refractivity contribution in [3.05, 3.63) is 64.0 Å². The van der Waals surface area contributed by atoms with Crippen LogP contribution in [0.4, 0.5) is 10.6 Å². The number of halogens is 2. The first-order valence-corrected chi connectivity index (χ1v) is 12.2. The third kappa shape index (κ3) is 4.99. The number of carbonyl (C=O) groups excluding carboxylic acids is 2. The zero-order chi connectivity index (χ0) is 24.5. The number of ketones is 1. The summed E-state index contributed by atoms with van der Waals surface area (Å²) in [4.78, 5) is 32.7. The summed E-state index contributed by atoms with van der Waals surface area (Å²) in [7, 11) is 1.40. The largest absolute Gasteiger partial charge is 0.453 e. The molecule has 1 fully saturated rings. The van der Waals surface area contributed by atoms with Gasteiger partial charge in [-0.3, -0.25) is 4.79 Å². The first kappa shape index (κ1) is 23.6. The van der Waals surface area contributed by atoms with Gasteiger partial charge in [-0.2, -0.15) is 5.10 Å². The van der Waals surface area contributed by atoms with E-state index in [1.807, 2.05) is 16.8 Å². The smallest absolute Gasteiger partial charge is 0.409 e. The zero-order valence-electron chi connectivity index (χ0n) is 19.3. The molecule has 0 spiro atoms. The van der Waals surface area contributed by atoms with Gasteiger partial charge in [-0.05, 0) is 41.3 Å². The van der Waals surface area contributed by atoms with Crippen molar-refractivity contribution in [2.45, 2.75) is 19.3 Å². The van der Waals surface area contributed by atoms with Gasteiger partial charge in [0.05, 0.1) is 7.11 Å². The number of aromatic nitrogens is 3. The van der Waals surface area contributed by atoms with Crippen LogP contribution in [0.2, 0.25) is 10.0 Å². The Morgan fingerprint density at radius 2 is 2.03 bits per heavy atom. The summed E-state index contributed by atoms with van der Waals surface area (Å²) in [5.41, 5.74) is 3.98. The van der Waals surface area contributed by atoms with Gasteiger partial charge < -0.3 is 14.5 Å². The molecular weight excluding hydrogens is 489 g/mol. The molecule has 1 aromatic carbocycles. The van der Waals surface area contributed by atoms with E-state index in [0.29, 0.717) is 36.0 Å². The Balaban J connectivity index is 1.22. The van der Waals surface area contributed by atoms with E-state index in [1.54, 1.807) is 23.4 Å². The lowest BCUT2D eigenvalue weighted by atomic mass is 9.92. The molecule has 0 bridgehead atoms. The number of anilines is 1. The van der Waals surface area contributed by atoms with E-state index < -0.39 is 0 Å². The van der Waals surface area contributed by atoms with Crippen LogP contribution in [0.1, 0.15) is 24.0 Å². The van der Waals surface area contributed by atoms with Crippen molar-refractivity contribution in [3.63, 3.8) is 0 Å². The maximum atomic E-state index is 12.6. The van der Waals surface area contributed by atoms with Crippen LogP contribution in [-0.2, 0) is 16.0 Å². The maximum Gasteiger partial charge on any atom is 0.409 e. The highest BCUT2D eigenvalue weighted by Crippen LogP contribution is 2.32. The molecule has 0 aliphatic carbocycles. The van der Waals surface area contributed by atoms with Gasteiger partial charge in [-0.15, -0.1) is 0 Å². The van der Waals surface area contributed by atoms with Gasteiger partial charge in [0.15, 0.2) is 5.82 Å². The Bertz CT molecular complexity index is 1320. The summed E-state index contributed by atoms with van der Waals surface area (Å²) in [6, 6.07) is 7.33. The lowest BCUT2D eigenvalue weighted by Gasteiger charge is -2.40. The maximum absolute atomic E-state index is 12.6. The SMILES string of the molecule is COC(=O)N1CC=C(c2cc3c(N4CC(CC(=O)Cc5ccc(Cl)cc5Cl)C4)ncnn3c2)CC1. The lowest BCUT2D eigenvalue weighted by Crippen LogP contribution is -2.48. The van der Waals surface area contributed by atoms with Crippen LogP contribution >= 0.6 is 23.2 Å². The monoisotopic (exact) mass is 513 g/mol. The van der Waals surface area contributed by atoms with Gasteiger partial charge in [0.2, 0.25) is 0 Å². The highest BCUT2D eigenvalue weighted by Gasteiger charge is 2.31. The molecule has 0 saturated carbocycles. The molecular formula is C25H25Cl2N5O3. The number of hydrogen-bond donors (Lipinski definition) is 0. The third-order valence-electron chi connectivity index (χ3n) is 6.57. The number of amides is 1. The predicted molar refractivity (Wildman–Crippen MR) is 135 cm³/mol. The Kier molecular flexibility index (Phi) is 6.67. The minimum atomic E-state index is -0.308. The van der Waals surface area contributed by atoms with Crippen molar-refractivity contribution < 1.29 is 14.3 Å². The van der Waals surface area contributed by atoms with Crippen LogP contribution in [0.3, 0.4) is 0 Å². The highest BCUT2D eigenvalue weighted by molar-refractivity contribution is 6.35. The summed E-state index contributed by atoms with van der Waals surface area (Å²) >= 11 is 12.2. The van der Waals surface area contributed by atoms with Crippen molar-refractivity contribution in [1.82, 2.24) is 19.5 Å². The fraction of sp³-hybridized carbons (Fsp3) is 0.360. The number of ether oxygens (including phenoxy) is 1. The lowest BCUT2D eigenvalue weighted by molar-refractivity contribution is -0.119. The summed E-state index contributed by atoms with van der Waals surface area (Å²) in [6.07, 6.45) is 6.87. The fourth-order valence-electron chi connectivity index (χ4n) is 4.71. The first-order chi connectivity index (χ1) is 16.9. The number of rotatable bonds is 6. The van der Waals surface area contributed by atoms with E-state index in [1.165, 1.54) is 12.7 Å². The number of carbonyl (C=O) groups is 2. The zero-order valence-corrected chi connectivity index (χ0v) is 20.8. The van der Waals surface area contributed by atoms with Crippen LogP contribution in [0.15, 0.2) is 42.9 Å². The molecule has 2 aromatic heterocycles. The van der Waals surface area contributed by atoms with Gasteiger partial charge in [0.1, 0.15) is 17.6 Å². The number of nitrogens with zero attached hydrogens (tertiary/aromatic N) is 5. The molecule has 4 heterocycles. The average molecular weight is 514 g/mol. The number of fused-ring (bicyclic) bond motifs is 1. The third-order valence-corrected chi connectivity index (χ3v) is 7.16. The number of hydrogen-bond acceptors (Lipinski definition) is 6. The predicted octanol–water partition coefficient (Wildman–Crippen LogP) is 4.53. The van der Waals surface area contributed by atoms with E-state index in [-0.39, 0.29) is 17.8 Å². The summed E-state index contributed by atoms with van der Waals surface area (Å²) < 4.78 is 6.65. The van der Waals surface area contributed by atoms with Crippen LogP contribution in [0.5, 0.6) is 0 Å². The second-order valence-corrected chi connectivity index (χ2v) is 9.81. The van der Waals surface area contributed by atoms with E-state index in [2.05, 4.69) is 27.1 Å². The molecule has 35 heavy (non-hydrogen) atoms. The Morgan fingerprint density at radius 3 is 2.74 bits per heavy atom. The van der Waals surface area contributed by atoms with Gasteiger partial charge in [0.25, 0.3) is 0 Å². The van der Waals surface area contributed by atoms with Gasteiger partial charge in [-0.1, -0.05) is 35.3 Å². The van der Waals surface area contributed by atoms with Crippen molar-refractivity contribution in [3.8, 4) is 0 Å². The Morgan fingerprint density at radius 1 is 1.20 bits per heavy atom. The summed E-state index contributed by atoms with van der Waals surface area (Å²) in [6.45, 7) is 2.68. The second-order valence-electron chi connectivity index (χ2n) is 8.96. The highest BCUT2D eigenvalue weighted by atomic mass is 35.5. The van der Waals surface area contributed by atoms with Crippen LogP contribution in [0, 0.1) is 5.92 Å². The molecule has 10 heteroatoms. The first-order valence-electron chi connectivity index (χ1n) is 11.5. The number of methoxy groups -OCH3 is 1. The van der Waals surface area contributed by atoms with E-state index in [0.717, 1.165) is 42.0 Å². The molecule has 182 valence electrons. The molecule has 1 amide bonds. The Hall–Kier alpha value is -3.10. The normalized spacial score (nSPS) is 16.3. The van der Waals surface area contributed by atoms with Crippen LogP contribution in [0.25, 0.3) is 11.1 Å². The molecule has 0 atom stereocenters. The van der Waals surface area contributed by atoms with Gasteiger partial charge >= 0.3 is 6.09 Å². The number of benzene rings is 1. The molecule has 8 nitrogen and oxygen atoms in total. The molecule has 2 aliphatic heterocycles. The molecule has 1 saturated heterocycles. The average Bonchev–Trinajstić information content (AvgIpc) is 3.27. The van der Waals surface area contributed by atoms with Crippen molar-refractivity contribution in [2.75, 3.05) is 38.2 Å². The summed E-state index contributed by atoms with van der Waals surface area (Å²) in [5.74, 6) is 1.31. The van der Waals surface area contributed by atoms with Crippen molar-refractivity contribution >= 4 is 52.0 Å². The molecule has 5 rings (SSSR count). The number of Topliss-reactive ketones (excluding diaryl/α,β-unsaturated/α-hetero) is 1. The quantitative estimate of drug-likeness (QED) is 0.481.